The Morgan fingerprint density at radius 3 is 2.24 bits per heavy atom. The number of amides is 2. The fourth-order valence-electron chi connectivity index (χ4n) is 1.75. The molecule has 0 radical (unpaired) electrons. The lowest BCUT2D eigenvalue weighted by Gasteiger charge is -2.34. The number of hydrogen-bond acceptors (Lipinski definition) is 4. The van der Waals surface area contributed by atoms with Crippen molar-refractivity contribution in [3.05, 3.63) is 0 Å². The Morgan fingerprint density at radius 1 is 1.18 bits per heavy atom. The zero-order chi connectivity index (χ0) is 12.8. The van der Waals surface area contributed by atoms with Crippen LogP contribution in [0.3, 0.4) is 0 Å². The predicted molar refractivity (Wildman–Crippen MR) is 65.6 cm³/mol. The number of nitrogens with one attached hydrogen (secondary N) is 1. The number of likely N-dealkylation sites (N-methyl/N-ethyl adjacent to an activating group) is 2. The van der Waals surface area contributed by atoms with Crippen molar-refractivity contribution < 1.29 is 9.59 Å². The molecule has 1 saturated heterocycles. The van der Waals surface area contributed by atoms with Crippen LogP contribution in [0.15, 0.2) is 0 Å². The molecule has 6 heteroatoms. The molecular formula is C11H22N4O2. The van der Waals surface area contributed by atoms with Crippen LogP contribution < -0.4 is 5.32 Å². The van der Waals surface area contributed by atoms with Gasteiger partial charge in [-0.3, -0.25) is 14.5 Å². The maximum Gasteiger partial charge on any atom is 0.236 e. The first-order valence-electron chi connectivity index (χ1n) is 5.89. The average Bonchev–Trinajstić information content (AvgIpc) is 2.30. The first-order valence-corrected chi connectivity index (χ1v) is 5.89. The maximum absolute atomic E-state index is 11.6. The maximum atomic E-state index is 11.6. The van der Waals surface area contributed by atoms with E-state index in [1.54, 1.807) is 26.0 Å². The normalized spacial score (nSPS) is 17.0. The van der Waals surface area contributed by atoms with Crippen molar-refractivity contribution in [2.75, 3.05) is 60.4 Å². The highest BCUT2D eigenvalue weighted by atomic mass is 16.2. The summed E-state index contributed by atoms with van der Waals surface area (Å²) in [6, 6.07) is 0. The molecule has 98 valence electrons. The van der Waals surface area contributed by atoms with E-state index in [1.165, 1.54) is 0 Å². The Hall–Kier alpha value is -1.14. The second-order valence-corrected chi connectivity index (χ2v) is 4.48. The Kier molecular flexibility index (Phi) is 5.37. The van der Waals surface area contributed by atoms with Gasteiger partial charge in [-0.2, -0.15) is 0 Å². The molecule has 0 saturated carbocycles. The van der Waals surface area contributed by atoms with Crippen molar-refractivity contribution in [1.29, 1.82) is 0 Å². The molecule has 1 rings (SSSR count). The number of piperazine rings is 1. The van der Waals surface area contributed by atoms with Gasteiger partial charge in [0.15, 0.2) is 0 Å². The van der Waals surface area contributed by atoms with Crippen molar-refractivity contribution in [3.63, 3.8) is 0 Å². The lowest BCUT2D eigenvalue weighted by Crippen LogP contribution is -2.52. The molecule has 0 aromatic carbocycles. The minimum atomic E-state index is 0.111. The molecule has 17 heavy (non-hydrogen) atoms. The molecule has 0 bridgehead atoms. The van der Waals surface area contributed by atoms with Crippen LogP contribution in [0.1, 0.15) is 0 Å². The summed E-state index contributed by atoms with van der Waals surface area (Å²) in [6.07, 6.45) is 0. The van der Waals surface area contributed by atoms with E-state index < -0.39 is 0 Å². The molecule has 0 aromatic rings. The zero-order valence-corrected chi connectivity index (χ0v) is 10.9. The molecule has 1 aliphatic rings. The van der Waals surface area contributed by atoms with Crippen molar-refractivity contribution in [1.82, 2.24) is 20.0 Å². The predicted octanol–water partition coefficient (Wildman–Crippen LogP) is -1.56. The van der Waals surface area contributed by atoms with Crippen molar-refractivity contribution in [2.45, 2.75) is 0 Å². The van der Waals surface area contributed by atoms with Crippen LogP contribution in [0.5, 0.6) is 0 Å². The Morgan fingerprint density at radius 2 is 1.76 bits per heavy atom. The van der Waals surface area contributed by atoms with Gasteiger partial charge < -0.3 is 15.1 Å². The van der Waals surface area contributed by atoms with E-state index in [-0.39, 0.29) is 11.8 Å². The summed E-state index contributed by atoms with van der Waals surface area (Å²) < 4.78 is 0. The molecule has 1 heterocycles. The largest absolute Gasteiger partial charge is 0.348 e. The molecular weight excluding hydrogens is 220 g/mol. The quantitative estimate of drug-likeness (QED) is 0.648. The monoisotopic (exact) mass is 242 g/mol. The Balaban J connectivity index is 2.31. The number of hydrogen-bond donors (Lipinski definition) is 1. The molecule has 1 aliphatic heterocycles. The molecule has 0 aromatic heterocycles. The summed E-state index contributed by atoms with van der Waals surface area (Å²) in [6.45, 7) is 3.80. The summed E-state index contributed by atoms with van der Waals surface area (Å²) in [5.41, 5.74) is 0. The van der Waals surface area contributed by atoms with Crippen LogP contribution in [0.2, 0.25) is 0 Å². The van der Waals surface area contributed by atoms with Crippen LogP contribution in [0.4, 0.5) is 0 Å². The van der Waals surface area contributed by atoms with E-state index in [0.29, 0.717) is 26.2 Å². The smallest absolute Gasteiger partial charge is 0.236 e. The lowest BCUT2D eigenvalue weighted by atomic mass is 10.3. The summed E-state index contributed by atoms with van der Waals surface area (Å²) in [7, 11) is 5.29. The average molecular weight is 242 g/mol. The molecule has 2 amide bonds. The van der Waals surface area contributed by atoms with Gasteiger partial charge in [-0.05, 0) is 7.05 Å². The topological polar surface area (TPSA) is 55.9 Å². The third-order valence-electron chi connectivity index (χ3n) is 2.91. The van der Waals surface area contributed by atoms with Crippen LogP contribution in [-0.2, 0) is 9.59 Å². The van der Waals surface area contributed by atoms with E-state index in [9.17, 15) is 9.59 Å². The third-order valence-corrected chi connectivity index (χ3v) is 2.91. The fourth-order valence-corrected chi connectivity index (χ4v) is 1.75. The van der Waals surface area contributed by atoms with Gasteiger partial charge in [-0.1, -0.05) is 0 Å². The van der Waals surface area contributed by atoms with Crippen LogP contribution >= 0.6 is 0 Å². The molecule has 6 nitrogen and oxygen atoms in total. The van der Waals surface area contributed by atoms with E-state index in [1.807, 2.05) is 4.90 Å². The summed E-state index contributed by atoms with van der Waals surface area (Å²) in [4.78, 5) is 28.7. The molecule has 0 aliphatic carbocycles. The van der Waals surface area contributed by atoms with Gasteiger partial charge in [0.1, 0.15) is 0 Å². The standard InChI is InChI=1S/C11H22N4O2/c1-12-8-10(16)15-6-4-14(5-7-15)9-11(17)13(2)3/h12H,4-9H2,1-3H3. The first kappa shape index (κ1) is 13.9. The van der Waals surface area contributed by atoms with E-state index in [0.717, 1.165) is 13.1 Å². The van der Waals surface area contributed by atoms with Crippen molar-refractivity contribution in [3.8, 4) is 0 Å². The molecule has 0 unspecified atom stereocenters. The minimum Gasteiger partial charge on any atom is -0.348 e. The van der Waals surface area contributed by atoms with E-state index in [2.05, 4.69) is 10.2 Å². The van der Waals surface area contributed by atoms with Crippen LogP contribution in [-0.4, -0.2) is 86.9 Å². The highest BCUT2D eigenvalue weighted by Crippen LogP contribution is 2.02. The summed E-state index contributed by atoms with van der Waals surface area (Å²) in [5, 5.41) is 2.86. The van der Waals surface area contributed by atoms with Gasteiger partial charge >= 0.3 is 0 Å². The van der Waals surface area contributed by atoms with Gasteiger partial charge in [-0.25, -0.2) is 0 Å². The zero-order valence-electron chi connectivity index (χ0n) is 10.9. The Bertz CT molecular complexity index is 273. The fraction of sp³-hybridized carbons (Fsp3) is 0.818. The summed E-state index contributed by atoms with van der Waals surface area (Å²) in [5.74, 6) is 0.242. The van der Waals surface area contributed by atoms with Gasteiger partial charge in [0.25, 0.3) is 0 Å². The molecule has 0 atom stereocenters. The van der Waals surface area contributed by atoms with Crippen LogP contribution in [0, 0.1) is 0 Å². The lowest BCUT2D eigenvalue weighted by molar-refractivity contribution is -0.133. The van der Waals surface area contributed by atoms with Gasteiger partial charge in [0.05, 0.1) is 13.1 Å². The number of rotatable bonds is 4. The van der Waals surface area contributed by atoms with Gasteiger partial charge in [0, 0.05) is 40.3 Å². The molecule has 1 fully saturated rings. The molecule has 1 N–H and O–H groups in total. The highest BCUT2D eigenvalue weighted by molar-refractivity contribution is 5.79. The van der Waals surface area contributed by atoms with Crippen molar-refractivity contribution >= 4 is 11.8 Å². The third kappa shape index (κ3) is 4.32. The number of carbonyl (C=O) groups excluding carboxylic acids is 2. The van der Waals surface area contributed by atoms with E-state index >= 15 is 0 Å². The van der Waals surface area contributed by atoms with Gasteiger partial charge in [-0.15, -0.1) is 0 Å². The first-order chi connectivity index (χ1) is 8.04. The van der Waals surface area contributed by atoms with Crippen LogP contribution in [0.25, 0.3) is 0 Å². The SMILES string of the molecule is CNCC(=O)N1CCN(CC(=O)N(C)C)CC1. The summed E-state index contributed by atoms with van der Waals surface area (Å²) >= 11 is 0. The number of carbonyl (C=O) groups is 2. The highest BCUT2D eigenvalue weighted by Gasteiger charge is 2.22. The number of nitrogens with zero attached hydrogens (tertiary/aromatic N) is 3. The Labute approximate surface area is 103 Å². The second-order valence-electron chi connectivity index (χ2n) is 4.48. The molecule has 0 spiro atoms. The van der Waals surface area contributed by atoms with Gasteiger partial charge in [0.2, 0.25) is 11.8 Å². The van der Waals surface area contributed by atoms with E-state index in [4.69, 9.17) is 0 Å². The second kappa shape index (κ2) is 6.56. The van der Waals surface area contributed by atoms with Crippen molar-refractivity contribution in [2.24, 2.45) is 0 Å². The minimum absolute atomic E-state index is 0.111.